The van der Waals surface area contributed by atoms with Gasteiger partial charge in [0.1, 0.15) is 30.5 Å². The highest BCUT2D eigenvalue weighted by Gasteiger charge is 2.39. The first-order valence-electron chi connectivity index (χ1n) is 14.4. The molecule has 1 spiro atoms. The lowest BCUT2D eigenvalue weighted by Gasteiger charge is -2.28. The Morgan fingerprint density at radius 1 is 1.12 bits per heavy atom. The molecule has 3 N–H and O–H groups in total. The van der Waals surface area contributed by atoms with Crippen LogP contribution in [0.25, 0.3) is 11.0 Å². The Labute approximate surface area is 248 Å². The number of hydrogen-bond acceptors (Lipinski definition) is 11. The van der Waals surface area contributed by atoms with E-state index in [1.807, 2.05) is 48.9 Å². The van der Waals surface area contributed by atoms with Gasteiger partial charge in [-0.15, -0.1) is 0 Å². The normalized spacial score (nSPS) is 16.8. The number of ether oxygens (including phenoxy) is 3. The third-order valence-corrected chi connectivity index (χ3v) is 7.75. The van der Waals surface area contributed by atoms with Crippen LogP contribution >= 0.6 is 0 Å². The lowest BCUT2D eigenvalue weighted by atomic mass is 9.92. The fraction of sp³-hybridized carbons (Fsp3) is 0.433. The molecule has 0 amide bonds. The number of aromatic nitrogens is 5. The van der Waals surface area contributed by atoms with Crippen LogP contribution in [-0.2, 0) is 20.9 Å². The molecular formula is C30H36N8O5. The van der Waals surface area contributed by atoms with Gasteiger partial charge in [-0.3, -0.25) is 9.48 Å². The van der Waals surface area contributed by atoms with Gasteiger partial charge in [-0.25, -0.2) is 19.6 Å². The smallest absolute Gasteiger partial charge is 0.278 e. The molecule has 2 aliphatic rings. The Kier molecular flexibility index (Phi) is 8.10. The predicted octanol–water partition coefficient (Wildman–Crippen LogP) is 3.39. The fourth-order valence-electron chi connectivity index (χ4n) is 5.51. The van der Waals surface area contributed by atoms with Crippen molar-refractivity contribution >= 4 is 34.5 Å². The van der Waals surface area contributed by atoms with E-state index in [2.05, 4.69) is 15.6 Å². The van der Waals surface area contributed by atoms with Crippen LogP contribution in [0.5, 0.6) is 0 Å². The van der Waals surface area contributed by atoms with Crippen LogP contribution in [0, 0.1) is 0 Å². The zero-order valence-corrected chi connectivity index (χ0v) is 24.5. The zero-order valence-electron chi connectivity index (χ0n) is 24.5. The third kappa shape index (κ3) is 5.70. The van der Waals surface area contributed by atoms with Gasteiger partial charge in [-0.05, 0) is 44.4 Å². The van der Waals surface area contributed by atoms with Crippen molar-refractivity contribution in [3.8, 4) is 0 Å². The minimum Gasteiger partial charge on any atom is -0.475 e. The molecule has 1 atom stereocenters. The number of hydrogen-bond donors (Lipinski definition) is 3. The number of nitrogens with one attached hydrogen (secondary N) is 2. The summed E-state index contributed by atoms with van der Waals surface area (Å²) in [7, 11) is 1.55. The lowest BCUT2D eigenvalue weighted by molar-refractivity contribution is 0.0442. The van der Waals surface area contributed by atoms with Gasteiger partial charge in [0.25, 0.3) is 5.56 Å². The number of pyridine rings is 1. The molecule has 5 heterocycles. The predicted molar refractivity (Wildman–Crippen MR) is 162 cm³/mol. The number of aliphatic hydroxyl groups excluding tert-OH is 1. The van der Waals surface area contributed by atoms with Crippen LogP contribution in [0.3, 0.4) is 0 Å². The van der Waals surface area contributed by atoms with Gasteiger partial charge >= 0.3 is 0 Å². The topological polar surface area (TPSA) is 150 Å². The van der Waals surface area contributed by atoms with Crippen molar-refractivity contribution in [2.75, 3.05) is 44.2 Å². The van der Waals surface area contributed by atoms with E-state index in [9.17, 15) is 9.90 Å². The van der Waals surface area contributed by atoms with E-state index in [0.717, 1.165) is 18.4 Å². The molecule has 6 rings (SSSR count). The largest absolute Gasteiger partial charge is 0.475 e. The van der Waals surface area contributed by atoms with Gasteiger partial charge in [-0.1, -0.05) is 30.3 Å². The Morgan fingerprint density at radius 3 is 2.63 bits per heavy atom. The molecule has 4 aromatic rings. The molecule has 13 heteroatoms. The molecular weight excluding hydrogens is 552 g/mol. The maximum absolute atomic E-state index is 13.0. The van der Waals surface area contributed by atoms with E-state index in [0.29, 0.717) is 54.0 Å². The summed E-state index contributed by atoms with van der Waals surface area (Å²) in [6.07, 6.45) is 3.22. The second kappa shape index (κ2) is 12.1. The number of aliphatic hydroxyl groups is 1. The summed E-state index contributed by atoms with van der Waals surface area (Å²) in [6, 6.07) is 12.6. The van der Waals surface area contributed by atoms with Crippen LogP contribution in [0.1, 0.15) is 49.9 Å². The van der Waals surface area contributed by atoms with E-state index >= 15 is 0 Å². The Bertz CT molecular complexity index is 1680. The highest BCUT2D eigenvalue weighted by atomic mass is 16.5. The number of fused-ring (bicyclic) bond motifs is 1. The summed E-state index contributed by atoms with van der Waals surface area (Å²) in [5.41, 5.74) is 1.53. The van der Waals surface area contributed by atoms with Crippen molar-refractivity contribution in [3.63, 3.8) is 0 Å². The summed E-state index contributed by atoms with van der Waals surface area (Å²) in [5.74, 6) is 1.65. The van der Waals surface area contributed by atoms with Crippen LogP contribution in [0.4, 0.5) is 17.6 Å². The van der Waals surface area contributed by atoms with Gasteiger partial charge < -0.3 is 30.0 Å². The number of benzene rings is 1. The van der Waals surface area contributed by atoms with Gasteiger partial charge in [0, 0.05) is 32.6 Å². The van der Waals surface area contributed by atoms with Crippen molar-refractivity contribution in [1.29, 1.82) is 0 Å². The second-order valence-corrected chi connectivity index (χ2v) is 11.0. The molecule has 0 saturated carbocycles. The first-order valence-corrected chi connectivity index (χ1v) is 14.4. The monoisotopic (exact) mass is 588 g/mol. The zero-order chi connectivity index (χ0) is 30.0. The van der Waals surface area contributed by atoms with Crippen LogP contribution < -0.4 is 16.2 Å². The minimum absolute atomic E-state index is 0.0333. The fourth-order valence-corrected chi connectivity index (χ4v) is 5.51. The van der Waals surface area contributed by atoms with Gasteiger partial charge in [-0.2, -0.15) is 4.98 Å². The second-order valence-electron chi connectivity index (χ2n) is 11.0. The number of anilines is 3. The molecule has 226 valence electrons. The Morgan fingerprint density at radius 2 is 1.91 bits per heavy atom. The minimum atomic E-state index is -0.433. The number of nitrogens with zero attached hydrogens (tertiary/aromatic N) is 6. The highest BCUT2D eigenvalue weighted by Crippen LogP contribution is 2.33. The van der Waals surface area contributed by atoms with E-state index < -0.39 is 6.04 Å². The molecule has 13 nitrogen and oxygen atoms in total. The molecule has 1 fully saturated rings. The SMILES string of the molecule is COCn1c(=O)c2ccc(Nc3ncc(C4=NC5(CCOCC5)CO4)c(N[C@H](CO)c4ccccc4)n3)nc2n1C(C)C. The molecule has 43 heavy (non-hydrogen) atoms. The lowest BCUT2D eigenvalue weighted by Crippen LogP contribution is -2.35. The number of aliphatic imine (C=N–C) groups is 1. The highest BCUT2D eigenvalue weighted by molar-refractivity contribution is 6.00. The molecule has 1 saturated heterocycles. The van der Waals surface area contributed by atoms with E-state index in [-0.39, 0.29) is 36.4 Å². The molecule has 0 radical (unpaired) electrons. The van der Waals surface area contributed by atoms with Crippen LogP contribution in [0.2, 0.25) is 0 Å². The molecule has 2 aliphatic heterocycles. The number of rotatable bonds is 10. The van der Waals surface area contributed by atoms with E-state index in [1.54, 1.807) is 25.4 Å². The van der Waals surface area contributed by atoms with Crippen molar-refractivity contribution in [1.82, 2.24) is 24.3 Å². The summed E-state index contributed by atoms with van der Waals surface area (Å²) in [4.78, 5) is 32.1. The molecule has 0 unspecified atom stereocenters. The quantitative estimate of drug-likeness (QED) is 0.252. The molecule has 3 aromatic heterocycles. The van der Waals surface area contributed by atoms with Crippen molar-refractivity contribution < 1.29 is 19.3 Å². The van der Waals surface area contributed by atoms with E-state index in [1.165, 1.54) is 4.68 Å². The van der Waals surface area contributed by atoms with Gasteiger partial charge in [0.15, 0.2) is 5.65 Å². The van der Waals surface area contributed by atoms with Gasteiger partial charge in [0.05, 0.1) is 23.6 Å². The maximum Gasteiger partial charge on any atom is 0.278 e. The standard InChI is InChI=1S/C30H36N8O5/c1-19(2)38-26-21(28(40)37(38)18-41-3)9-10-24(33-26)34-29-31-15-22(27-36-30(17-43-27)11-13-42-14-12-30)25(35-29)32-23(16-39)20-7-5-4-6-8-20/h4-10,15,19,23,39H,11-14,16-18H2,1-3H3,(H2,31,32,33,34,35)/t23-/m1/s1. The third-order valence-electron chi connectivity index (χ3n) is 7.75. The first-order chi connectivity index (χ1) is 20.9. The summed E-state index contributed by atoms with van der Waals surface area (Å²) < 4.78 is 20.3. The van der Waals surface area contributed by atoms with Crippen molar-refractivity contribution in [2.24, 2.45) is 4.99 Å². The number of methoxy groups -OCH3 is 1. The average molecular weight is 589 g/mol. The first kappa shape index (κ1) is 28.8. The molecule has 0 bridgehead atoms. The van der Waals surface area contributed by atoms with E-state index in [4.69, 9.17) is 29.2 Å². The summed E-state index contributed by atoms with van der Waals surface area (Å²) in [5, 5.41) is 17.3. The molecule has 0 aliphatic carbocycles. The summed E-state index contributed by atoms with van der Waals surface area (Å²) >= 11 is 0. The van der Waals surface area contributed by atoms with Gasteiger partial charge in [0.2, 0.25) is 11.8 Å². The maximum atomic E-state index is 13.0. The van der Waals surface area contributed by atoms with Crippen LogP contribution in [-0.4, -0.2) is 74.4 Å². The average Bonchev–Trinajstić information content (AvgIpc) is 3.54. The Hall–Kier alpha value is -4.33. The van der Waals surface area contributed by atoms with Crippen molar-refractivity contribution in [3.05, 3.63) is 70.1 Å². The molecule has 1 aromatic carbocycles. The van der Waals surface area contributed by atoms with Crippen LogP contribution in [0.15, 0.2) is 58.4 Å². The van der Waals surface area contributed by atoms with Crippen molar-refractivity contribution in [2.45, 2.75) is 51.0 Å². The Balaban J connectivity index is 1.37. The summed E-state index contributed by atoms with van der Waals surface area (Å²) in [6.45, 7) is 5.67.